The molecule has 0 saturated carbocycles. The lowest BCUT2D eigenvalue weighted by Crippen LogP contribution is -2.14. The normalized spacial score (nSPS) is 17.2. The third-order valence-corrected chi connectivity index (χ3v) is 3.97. The van der Waals surface area contributed by atoms with E-state index in [1.165, 1.54) is 10.9 Å². The number of benzene rings is 2. The molecule has 2 aromatic carbocycles. The SMILES string of the molecule is O=C1Nc2ccccc2C1Cc1ccc2cc[nH]c2c1. The summed E-state index contributed by atoms with van der Waals surface area (Å²) >= 11 is 0. The van der Waals surface area contributed by atoms with Gasteiger partial charge in [0.1, 0.15) is 0 Å². The highest BCUT2D eigenvalue weighted by atomic mass is 16.2. The maximum absolute atomic E-state index is 12.1. The highest BCUT2D eigenvalue weighted by Crippen LogP contribution is 2.34. The van der Waals surface area contributed by atoms with Gasteiger partial charge in [0.15, 0.2) is 0 Å². The summed E-state index contributed by atoms with van der Waals surface area (Å²) in [6.07, 6.45) is 2.67. The van der Waals surface area contributed by atoms with Gasteiger partial charge in [-0.1, -0.05) is 30.3 Å². The zero-order valence-corrected chi connectivity index (χ0v) is 10.9. The van der Waals surface area contributed by atoms with Gasteiger partial charge >= 0.3 is 0 Å². The Morgan fingerprint density at radius 3 is 2.90 bits per heavy atom. The highest BCUT2D eigenvalue weighted by Gasteiger charge is 2.29. The zero-order chi connectivity index (χ0) is 13.5. The number of aromatic nitrogens is 1. The van der Waals surface area contributed by atoms with Gasteiger partial charge in [-0.15, -0.1) is 0 Å². The number of rotatable bonds is 2. The molecule has 3 nitrogen and oxygen atoms in total. The zero-order valence-electron chi connectivity index (χ0n) is 10.9. The van der Waals surface area contributed by atoms with Crippen molar-refractivity contribution in [1.29, 1.82) is 0 Å². The van der Waals surface area contributed by atoms with Gasteiger partial charge in [0, 0.05) is 17.4 Å². The molecule has 0 radical (unpaired) electrons. The van der Waals surface area contributed by atoms with Crippen molar-refractivity contribution in [2.45, 2.75) is 12.3 Å². The summed E-state index contributed by atoms with van der Waals surface area (Å²) in [4.78, 5) is 15.3. The van der Waals surface area contributed by atoms with E-state index >= 15 is 0 Å². The molecule has 0 spiro atoms. The lowest BCUT2D eigenvalue weighted by Gasteiger charge is -2.09. The molecule has 0 fully saturated rings. The molecule has 4 rings (SSSR count). The van der Waals surface area contributed by atoms with Gasteiger partial charge < -0.3 is 10.3 Å². The number of fused-ring (bicyclic) bond motifs is 2. The smallest absolute Gasteiger partial charge is 0.232 e. The molecule has 1 atom stereocenters. The monoisotopic (exact) mass is 262 g/mol. The number of aromatic amines is 1. The van der Waals surface area contributed by atoms with E-state index in [0.717, 1.165) is 23.2 Å². The molecule has 0 aliphatic carbocycles. The first-order chi connectivity index (χ1) is 9.81. The number of carbonyl (C=O) groups is 1. The molecule has 2 N–H and O–H groups in total. The van der Waals surface area contributed by atoms with Gasteiger partial charge in [0.2, 0.25) is 5.91 Å². The van der Waals surface area contributed by atoms with Crippen LogP contribution < -0.4 is 5.32 Å². The predicted molar refractivity (Wildman–Crippen MR) is 79.8 cm³/mol. The van der Waals surface area contributed by atoms with E-state index in [-0.39, 0.29) is 11.8 Å². The van der Waals surface area contributed by atoms with Crippen molar-refractivity contribution in [3.05, 3.63) is 65.9 Å². The lowest BCUT2D eigenvalue weighted by molar-refractivity contribution is -0.117. The molecule has 1 aliphatic heterocycles. The minimum absolute atomic E-state index is 0.0846. The molecular formula is C17H14N2O. The third-order valence-electron chi connectivity index (χ3n) is 3.97. The van der Waals surface area contributed by atoms with Gasteiger partial charge in [-0.2, -0.15) is 0 Å². The molecule has 1 unspecified atom stereocenters. The van der Waals surface area contributed by atoms with Crippen molar-refractivity contribution >= 4 is 22.5 Å². The van der Waals surface area contributed by atoms with Crippen LogP contribution in [0, 0.1) is 0 Å². The molecule has 1 amide bonds. The molecule has 2 heterocycles. The number of H-pyrrole nitrogens is 1. The molecule has 3 aromatic rings. The number of hydrogen-bond acceptors (Lipinski definition) is 1. The third kappa shape index (κ3) is 1.71. The van der Waals surface area contributed by atoms with Crippen molar-refractivity contribution < 1.29 is 4.79 Å². The average molecular weight is 262 g/mol. The van der Waals surface area contributed by atoms with Gasteiger partial charge in [0.05, 0.1) is 5.92 Å². The number of anilines is 1. The van der Waals surface area contributed by atoms with Crippen LogP contribution in [0.2, 0.25) is 0 Å². The summed E-state index contributed by atoms with van der Waals surface area (Å²) < 4.78 is 0. The van der Waals surface area contributed by atoms with Crippen LogP contribution in [0.5, 0.6) is 0 Å². The molecule has 0 saturated heterocycles. The Bertz CT molecular complexity index is 803. The number of nitrogens with one attached hydrogen (secondary N) is 2. The Hall–Kier alpha value is -2.55. The van der Waals surface area contributed by atoms with E-state index in [1.54, 1.807) is 0 Å². The second-order valence-electron chi connectivity index (χ2n) is 5.23. The number of carbonyl (C=O) groups excluding carboxylic acids is 1. The van der Waals surface area contributed by atoms with Crippen LogP contribution in [0.1, 0.15) is 17.0 Å². The first-order valence-electron chi connectivity index (χ1n) is 6.77. The molecule has 20 heavy (non-hydrogen) atoms. The van der Waals surface area contributed by atoms with Gasteiger partial charge in [0.25, 0.3) is 0 Å². The van der Waals surface area contributed by atoms with Crippen molar-refractivity contribution in [3.8, 4) is 0 Å². The van der Waals surface area contributed by atoms with Crippen LogP contribution >= 0.6 is 0 Å². The van der Waals surface area contributed by atoms with E-state index < -0.39 is 0 Å². The van der Waals surface area contributed by atoms with E-state index in [2.05, 4.69) is 34.6 Å². The topological polar surface area (TPSA) is 44.9 Å². The van der Waals surface area contributed by atoms with Crippen LogP contribution in [0.3, 0.4) is 0 Å². The number of para-hydroxylation sites is 1. The quantitative estimate of drug-likeness (QED) is 0.730. The number of amides is 1. The maximum atomic E-state index is 12.1. The summed E-state index contributed by atoms with van der Waals surface area (Å²) in [5, 5.41) is 4.15. The summed E-state index contributed by atoms with van der Waals surface area (Å²) in [6, 6.07) is 16.3. The Kier molecular flexibility index (Phi) is 2.39. The molecule has 98 valence electrons. The Balaban J connectivity index is 1.70. The fraction of sp³-hybridized carbons (Fsp3) is 0.118. The van der Waals surface area contributed by atoms with E-state index in [1.807, 2.05) is 30.5 Å². The lowest BCUT2D eigenvalue weighted by atomic mass is 9.93. The largest absolute Gasteiger partial charge is 0.361 e. The van der Waals surface area contributed by atoms with Crippen molar-refractivity contribution in [3.63, 3.8) is 0 Å². The van der Waals surface area contributed by atoms with E-state index in [0.29, 0.717) is 0 Å². The maximum Gasteiger partial charge on any atom is 0.232 e. The van der Waals surface area contributed by atoms with Crippen LogP contribution in [0.15, 0.2) is 54.7 Å². The minimum atomic E-state index is -0.0846. The van der Waals surface area contributed by atoms with Crippen molar-refractivity contribution in [2.75, 3.05) is 5.32 Å². The number of hydrogen-bond donors (Lipinski definition) is 2. The fourth-order valence-electron chi connectivity index (χ4n) is 2.94. The standard InChI is InChI=1S/C17H14N2O/c20-17-14(13-3-1-2-4-15(13)19-17)9-11-5-6-12-7-8-18-16(12)10-11/h1-8,10,14,18H,9H2,(H,19,20). The predicted octanol–water partition coefficient (Wildman–Crippen LogP) is 3.45. The van der Waals surface area contributed by atoms with Crippen LogP contribution in [0.25, 0.3) is 10.9 Å². The summed E-state index contributed by atoms with van der Waals surface area (Å²) in [5.41, 5.74) is 4.35. The van der Waals surface area contributed by atoms with Gasteiger partial charge in [-0.25, -0.2) is 0 Å². The van der Waals surface area contributed by atoms with Crippen LogP contribution in [-0.4, -0.2) is 10.9 Å². The van der Waals surface area contributed by atoms with Crippen molar-refractivity contribution in [2.24, 2.45) is 0 Å². The first kappa shape index (κ1) is 11.3. The summed E-state index contributed by atoms with van der Waals surface area (Å²) in [6.45, 7) is 0. The molecule has 1 aliphatic rings. The summed E-state index contributed by atoms with van der Waals surface area (Å²) in [5.74, 6) is 0.0106. The second-order valence-corrected chi connectivity index (χ2v) is 5.23. The van der Waals surface area contributed by atoms with E-state index in [9.17, 15) is 4.79 Å². The Morgan fingerprint density at radius 1 is 1.05 bits per heavy atom. The fourth-order valence-corrected chi connectivity index (χ4v) is 2.94. The molecule has 0 bridgehead atoms. The first-order valence-corrected chi connectivity index (χ1v) is 6.77. The molecule has 1 aromatic heterocycles. The van der Waals surface area contributed by atoms with Gasteiger partial charge in [-0.3, -0.25) is 4.79 Å². The molecule has 3 heteroatoms. The highest BCUT2D eigenvalue weighted by molar-refractivity contribution is 6.03. The summed E-state index contributed by atoms with van der Waals surface area (Å²) in [7, 11) is 0. The Morgan fingerprint density at radius 2 is 1.95 bits per heavy atom. The second kappa shape index (κ2) is 4.23. The average Bonchev–Trinajstić information content (AvgIpc) is 3.04. The van der Waals surface area contributed by atoms with Gasteiger partial charge in [-0.05, 0) is 41.1 Å². The Labute approximate surface area is 116 Å². The van der Waals surface area contributed by atoms with Crippen LogP contribution in [-0.2, 0) is 11.2 Å². The van der Waals surface area contributed by atoms with Crippen molar-refractivity contribution in [1.82, 2.24) is 4.98 Å². The molecular weight excluding hydrogens is 248 g/mol. The van der Waals surface area contributed by atoms with E-state index in [4.69, 9.17) is 0 Å². The van der Waals surface area contributed by atoms with Crippen LogP contribution in [0.4, 0.5) is 5.69 Å². The minimum Gasteiger partial charge on any atom is -0.361 e.